The molecule has 0 saturated carbocycles. The molecule has 2 heterocycles. The fourth-order valence-electron chi connectivity index (χ4n) is 2.23. The highest BCUT2D eigenvalue weighted by Gasteiger charge is 2.24. The van der Waals surface area contributed by atoms with Crippen LogP contribution in [0.2, 0.25) is 0 Å². The van der Waals surface area contributed by atoms with Gasteiger partial charge in [-0.25, -0.2) is 13.1 Å². The van der Waals surface area contributed by atoms with E-state index in [1.165, 1.54) is 12.1 Å². The van der Waals surface area contributed by atoms with Gasteiger partial charge in [-0.1, -0.05) is 0 Å². The molecule has 0 bridgehead atoms. The fourth-order valence-corrected chi connectivity index (χ4v) is 3.52. The molecule has 3 rings (SSSR count). The smallest absolute Gasteiger partial charge is 0.241 e. The number of fused-ring (bicyclic) bond motifs is 1. The molecule has 0 aromatic heterocycles. The lowest BCUT2D eigenvalue weighted by molar-refractivity contribution is 0.171. The highest BCUT2D eigenvalue weighted by molar-refractivity contribution is 7.89. The van der Waals surface area contributed by atoms with Crippen molar-refractivity contribution in [2.45, 2.75) is 17.4 Å². The number of rotatable bonds is 3. The molecular formula is C12H16N2O4S. The molecule has 104 valence electrons. The maximum Gasteiger partial charge on any atom is 0.241 e. The quantitative estimate of drug-likeness (QED) is 0.823. The van der Waals surface area contributed by atoms with E-state index in [1.807, 2.05) is 0 Å². The number of hydrogen-bond donors (Lipinski definition) is 2. The lowest BCUT2D eigenvalue weighted by Gasteiger charge is -2.19. The van der Waals surface area contributed by atoms with Crippen molar-refractivity contribution in [3.8, 4) is 11.5 Å². The number of sulfonamides is 1. The Morgan fingerprint density at radius 1 is 1.21 bits per heavy atom. The standard InChI is InChI=1S/C12H16N2O4S/c15-19(16,14-9-3-4-13-8-9)10-1-2-11-12(7-10)18-6-5-17-11/h1-2,7,9,13-14H,3-6,8H2/t9-/m1/s1. The van der Waals surface area contributed by atoms with Crippen LogP contribution in [-0.2, 0) is 10.0 Å². The summed E-state index contributed by atoms with van der Waals surface area (Å²) in [6.45, 7) is 2.44. The van der Waals surface area contributed by atoms with Gasteiger partial charge in [-0.3, -0.25) is 0 Å². The predicted octanol–water partition coefficient (Wildman–Crippen LogP) is 0.0980. The molecule has 2 aliphatic heterocycles. The second-order valence-corrected chi connectivity index (χ2v) is 6.33. The first-order valence-electron chi connectivity index (χ1n) is 6.28. The van der Waals surface area contributed by atoms with Crippen molar-refractivity contribution in [1.82, 2.24) is 10.0 Å². The molecule has 0 unspecified atom stereocenters. The van der Waals surface area contributed by atoms with Crippen LogP contribution in [0.5, 0.6) is 11.5 Å². The predicted molar refractivity (Wildman–Crippen MR) is 69.0 cm³/mol. The van der Waals surface area contributed by atoms with Gasteiger partial charge in [0.25, 0.3) is 0 Å². The van der Waals surface area contributed by atoms with Crippen LogP contribution in [0, 0.1) is 0 Å². The largest absolute Gasteiger partial charge is 0.486 e. The first kappa shape index (κ1) is 12.7. The van der Waals surface area contributed by atoms with E-state index in [0.717, 1.165) is 13.0 Å². The normalized spacial score (nSPS) is 22.4. The Hall–Kier alpha value is -1.31. The van der Waals surface area contributed by atoms with Gasteiger partial charge in [0.2, 0.25) is 10.0 Å². The van der Waals surface area contributed by atoms with E-state index in [1.54, 1.807) is 6.07 Å². The highest BCUT2D eigenvalue weighted by atomic mass is 32.2. The summed E-state index contributed by atoms with van der Waals surface area (Å²) in [5.74, 6) is 1.08. The van der Waals surface area contributed by atoms with Crippen molar-refractivity contribution >= 4 is 10.0 Å². The molecule has 1 aromatic rings. The van der Waals surface area contributed by atoms with E-state index in [4.69, 9.17) is 9.47 Å². The average Bonchev–Trinajstić information content (AvgIpc) is 2.90. The number of hydrogen-bond acceptors (Lipinski definition) is 5. The van der Waals surface area contributed by atoms with Crippen LogP contribution in [0.3, 0.4) is 0 Å². The Labute approximate surface area is 112 Å². The van der Waals surface area contributed by atoms with Crippen LogP contribution in [0.25, 0.3) is 0 Å². The van der Waals surface area contributed by atoms with Crippen molar-refractivity contribution in [1.29, 1.82) is 0 Å². The summed E-state index contributed by atoms with van der Waals surface area (Å²) in [6, 6.07) is 4.64. The van der Waals surface area contributed by atoms with Gasteiger partial charge in [0.05, 0.1) is 4.90 Å². The van der Waals surface area contributed by atoms with Crippen LogP contribution in [0.15, 0.2) is 23.1 Å². The summed E-state index contributed by atoms with van der Waals surface area (Å²) in [7, 11) is -3.50. The SMILES string of the molecule is O=S(=O)(N[C@@H]1CCNC1)c1ccc2c(c1)OCCO2. The average molecular weight is 284 g/mol. The molecule has 0 aliphatic carbocycles. The van der Waals surface area contributed by atoms with Crippen molar-refractivity contribution in [3.63, 3.8) is 0 Å². The lowest BCUT2D eigenvalue weighted by atomic mass is 10.3. The van der Waals surface area contributed by atoms with Crippen molar-refractivity contribution < 1.29 is 17.9 Å². The maximum absolute atomic E-state index is 12.2. The summed E-state index contributed by atoms with van der Waals surface area (Å²) in [6.07, 6.45) is 0.809. The first-order valence-corrected chi connectivity index (χ1v) is 7.76. The molecule has 6 nitrogen and oxygen atoms in total. The third-order valence-electron chi connectivity index (χ3n) is 3.21. The molecule has 0 spiro atoms. The fraction of sp³-hybridized carbons (Fsp3) is 0.500. The van der Waals surface area contributed by atoms with Gasteiger partial charge in [-0.2, -0.15) is 0 Å². The van der Waals surface area contributed by atoms with Gasteiger partial charge in [0, 0.05) is 18.7 Å². The van der Waals surface area contributed by atoms with Crippen LogP contribution in [0.4, 0.5) is 0 Å². The third-order valence-corrected chi connectivity index (χ3v) is 4.72. The Bertz CT molecular complexity index is 567. The van der Waals surface area contributed by atoms with Crippen molar-refractivity contribution in [3.05, 3.63) is 18.2 Å². The van der Waals surface area contributed by atoms with Crippen LogP contribution in [0.1, 0.15) is 6.42 Å². The molecule has 2 N–H and O–H groups in total. The Kier molecular flexibility index (Phi) is 3.34. The van der Waals surface area contributed by atoms with Gasteiger partial charge < -0.3 is 14.8 Å². The minimum atomic E-state index is -3.50. The number of ether oxygens (including phenoxy) is 2. The minimum Gasteiger partial charge on any atom is -0.486 e. The van der Waals surface area contributed by atoms with E-state index >= 15 is 0 Å². The summed E-state index contributed by atoms with van der Waals surface area (Å²) >= 11 is 0. The minimum absolute atomic E-state index is 0.0433. The highest BCUT2D eigenvalue weighted by Crippen LogP contribution is 2.32. The Morgan fingerprint density at radius 3 is 2.74 bits per heavy atom. The molecule has 2 aliphatic rings. The summed E-state index contributed by atoms with van der Waals surface area (Å²) in [5.41, 5.74) is 0. The van der Waals surface area contributed by atoms with Gasteiger partial charge in [0.15, 0.2) is 11.5 Å². The van der Waals surface area contributed by atoms with Crippen LogP contribution < -0.4 is 19.5 Å². The Balaban J connectivity index is 1.84. The van der Waals surface area contributed by atoms with Crippen molar-refractivity contribution in [2.75, 3.05) is 26.3 Å². The maximum atomic E-state index is 12.2. The van der Waals surface area contributed by atoms with E-state index in [0.29, 0.717) is 31.3 Å². The van der Waals surface area contributed by atoms with Crippen molar-refractivity contribution in [2.24, 2.45) is 0 Å². The molecule has 1 aromatic carbocycles. The van der Waals surface area contributed by atoms with E-state index in [-0.39, 0.29) is 10.9 Å². The van der Waals surface area contributed by atoms with Crippen LogP contribution >= 0.6 is 0 Å². The summed E-state index contributed by atoms with van der Waals surface area (Å²) in [5, 5.41) is 3.12. The molecule has 19 heavy (non-hydrogen) atoms. The van der Waals surface area contributed by atoms with Gasteiger partial charge in [-0.05, 0) is 25.1 Å². The monoisotopic (exact) mass is 284 g/mol. The zero-order chi connectivity index (χ0) is 13.3. The lowest BCUT2D eigenvalue weighted by Crippen LogP contribution is -2.36. The van der Waals surface area contributed by atoms with Gasteiger partial charge in [0.1, 0.15) is 13.2 Å². The number of benzene rings is 1. The summed E-state index contributed by atoms with van der Waals surface area (Å²) in [4.78, 5) is 0.212. The molecule has 1 fully saturated rings. The molecule has 0 amide bonds. The van der Waals surface area contributed by atoms with E-state index in [2.05, 4.69) is 10.0 Å². The Morgan fingerprint density at radius 2 is 2.00 bits per heavy atom. The molecule has 7 heteroatoms. The summed E-state index contributed by atoms with van der Waals surface area (Å²) < 4.78 is 37.9. The van der Waals surface area contributed by atoms with Crippen LogP contribution in [-0.4, -0.2) is 40.8 Å². The molecule has 0 radical (unpaired) electrons. The topological polar surface area (TPSA) is 76.7 Å². The van der Waals surface area contributed by atoms with E-state index in [9.17, 15) is 8.42 Å². The second-order valence-electron chi connectivity index (χ2n) is 4.62. The van der Waals surface area contributed by atoms with Gasteiger partial charge >= 0.3 is 0 Å². The van der Waals surface area contributed by atoms with E-state index < -0.39 is 10.0 Å². The second kappa shape index (κ2) is 4.99. The molecular weight excluding hydrogens is 268 g/mol. The zero-order valence-electron chi connectivity index (χ0n) is 10.4. The molecule has 1 atom stereocenters. The zero-order valence-corrected chi connectivity index (χ0v) is 11.2. The van der Waals surface area contributed by atoms with Gasteiger partial charge in [-0.15, -0.1) is 0 Å². The first-order chi connectivity index (χ1) is 9.15. The molecule has 1 saturated heterocycles. The third kappa shape index (κ3) is 2.68. The number of nitrogens with one attached hydrogen (secondary N) is 2.